The Labute approximate surface area is 133 Å². The molecule has 0 aliphatic rings. The normalized spacial score (nSPS) is 10.1. The van der Waals surface area contributed by atoms with Crippen LogP contribution in [0.2, 0.25) is 0 Å². The molecule has 2 amide bonds. The van der Waals surface area contributed by atoms with Gasteiger partial charge in [0.2, 0.25) is 5.91 Å². The molecule has 0 bridgehead atoms. The summed E-state index contributed by atoms with van der Waals surface area (Å²) in [4.78, 5) is 36.0. The highest BCUT2D eigenvalue weighted by atomic mass is 16.2. The first-order valence-corrected chi connectivity index (χ1v) is 7.14. The van der Waals surface area contributed by atoms with Crippen molar-refractivity contribution in [2.24, 2.45) is 5.73 Å². The lowest BCUT2D eigenvalue weighted by Gasteiger charge is -2.09. The second-order valence-corrected chi connectivity index (χ2v) is 4.81. The third kappa shape index (κ3) is 4.52. The summed E-state index contributed by atoms with van der Waals surface area (Å²) >= 11 is 0. The van der Waals surface area contributed by atoms with Gasteiger partial charge in [0.25, 0.3) is 11.5 Å². The van der Waals surface area contributed by atoms with Crippen LogP contribution in [0, 0.1) is 0 Å². The highest BCUT2D eigenvalue weighted by Gasteiger charge is 2.10. The average Bonchev–Trinajstić information content (AvgIpc) is 2.57. The van der Waals surface area contributed by atoms with Gasteiger partial charge in [-0.3, -0.25) is 14.4 Å². The number of anilines is 1. The van der Waals surface area contributed by atoms with Crippen LogP contribution >= 0.6 is 0 Å². The van der Waals surface area contributed by atoms with E-state index < -0.39 is 5.56 Å². The minimum atomic E-state index is -0.445. The maximum absolute atomic E-state index is 12.3. The molecule has 1 aromatic heterocycles. The summed E-state index contributed by atoms with van der Waals surface area (Å²) in [6.07, 6.45) is 1.49. The Morgan fingerprint density at radius 3 is 2.52 bits per heavy atom. The van der Waals surface area contributed by atoms with Crippen LogP contribution < -0.4 is 21.9 Å². The Hall–Kier alpha value is -2.93. The van der Waals surface area contributed by atoms with Crippen LogP contribution in [-0.4, -0.2) is 29.5 Å². The Kier molecular flexibility index (Phi) is 5.65. The van der Waals surface area contributed by atoms with Gasteiger partial charge in [-0.2, -0.15) is 0 Å². The van der Waals surface area contributed by atoms with Gasteiger partial charge in [0.1, 0.15) is 12.2 Å². The van der Waals surface area contributed by atoms with Crippen molar-refractivity contribution in [1.29, 1.82) is 0 Å². The quantitative estimate of drug-likeness (QED) is 0.707. The standard InChI is InChI=1S/C16H18N4O3/c17-8-9-18-14(21)11-20-10-4-7-13(16(20)23)19-15(22)12-5-2-1-3-6-12/h1-7,10H,8-9,11,17H2,(H,18,21)(H,19,22). The van der Waals surface area contributed by atoms with E-state index in [4.69, 9.17) is 5.73 Å². The van der Waals surface area contributed by atoms with E-state index in [1.807, 2.05) is 0 Å². The van der Waals surface area contributed by atoms with Gasteiger partial charge in [0, 0.05) is 24.8 Å². The molecule has 2 rings (SSSR count). The number of nitrogens with zero attached hydrogens (tertiary/aromatic N) is 1. The zero-order valence-corrected chi connectivity index (χ0v) is 12.5. The number of carbonyl (C=O) groups excluding carboxylic acids is 2. The molecule has 0 spiro atoms. The van der Waals surface area contributed by atoms with Crippen molar-refractivity contribution in [1.82, 2.24) is 9.88 Å². The summed E-state index contributed by atoms with van der Waals surface area (Å²) in [6, 6.07) is 11.7. The second-order valence-electron chi connectivity index (χ2n) is 4.81. The fourth-order valence-corrected chi connectivity index (χ4v) is 1.96. The van der Waals surface area contributed by atoms with Gasteiger partial charge in [-0.05, 0) is 24.3 Å². The van der Waals surface area contributed by atoms with Crippen LogP contribution in [0.1, 0.15) is 10.4 Å². The molecule has 0 saturated carbocycles. The molecular formula is C16H18N4O3. The van der Waals surface area contributed by atoms with Crippen molar-refractivity contribution in [2.75, 3.05) is 18.4 Å². The molecule has 0 aliphatic carbocycles. The largest absolute Gasteiger partial charge is 0.353 e. The van der Waals surface area contributed by atoms with Gasteiger partial charge in [-0.1, -0.05) is 18.2 Å². The number of pyridine rings is 1. The Bertz CT molecular complexity index is 740. The molecule has 0 saturated heterocycles. The van der Waals surface area contributed by atoms with E-state index in [0.29, 0.717) is 18.7 Å². The van der Waals surface area contributed by atoms with Crippen LogP contribution in [0.15, 0.2) is 53.5 Å². The minimum Gasteiger partial charge on any atom is -0.353 e. The van der Waals surface area contributed by atoms with Crippen LogP contribution in [0.25, 0.3) is 0 Å². The highest BCUT2D eigenvalue weighted by Crippen LogP contribution is 2.04. The lowest BCUT2D eigenvalue weighted by Crippen LogP contribution is -2.35. The zero-order valence-electron chi connectivity index (χ0n) is 12.5. The number of nitrogens with two attached hydrogens (primary N) is 1. The molecule has 4 N–H and O–H groups in total. The molecule has 0 aliphatic heterocycles. The van der Waals surface area contributed by atoms with Gasteiger partial charge >= 0.3 is 0 Å². The first kappa shape index (κ1) is 16.4. The molecule has 0 radical (unpaired) electrons. The monoisotopic (exact) mass is 314 g/mol. The van der Waals surface area contributed by atoms with Crippen molar-refractivity contribution in [3.05, 3.63) is 64.6 Å². The second kappa shape index (κ2) is 7.90. The fourth-order valence-electron chi connectivity index (χ4n) is 1.96. The summed E-state index contributed by atoms with van der Waals surface area (Å²) in [5, 5.41) is 5.14. The number of carbonyl (C=O) groups is 2. The summed E-state index contributed by atoms with van der Waals surface area (Å²) in [7, 11) is 0. The van der Waals surface area contributed by atoms with Crippen molar-refractivity contribution in [3.63, 3.8) is 0 Å². The lowest BCUT2D eigenvalue weighted by atomic mass is 10.2. The first-order chi connectivity index (χ1) is 11.1. The molecule has 0 atom stereocenters. The van der Waals surface area contributed by atoms with E-state index in [1.54, 1.807) is 36.4 Å². The van der Waals surface area contributed by atoms with Crippen LogP contribution in [0.4, 0.5) is 5.69 Å². The van der Waals surface area contributed by atoms with Gasteiger partial charge in [-0.25, -0.2) is 0 Å². The summed E-state index contributed by atoms with van der Waals surface area (Å²) in [6.45, 7) is 0.541. The summed E-state index contributed by atoms with van der Waals surface area (Å²) in [5.74, 6) is -0.697. The van der Waals surface area contributed by atoms with Gasteiger partial charge in [0.15, 0.2) is 0 Å². The molecule has 1 heterocycles. The fraction of sp³-hybridized carbons (Fsp3) is 0.188. The smallest absolute Gasteiger partial charge is 0.274 e. The van der Waals surface area contributed by atoms with Crippen molar-refractivity contribution >= 4 is 17.5 Å². The Morgan fingerprint density at radius 1 is 1.09 bits per heavy atom. The number of hydrogen-bond donors (Lipinski definition) is 3. The molecule has 1 aromatic carbocycles. The predicted molar refractivity (Wildman–Crippen MR) is 87.2 cm³/mol. The van der Waals surface area contributed by atoms with Gasteiger partial charge in [0.05, 0.1) is 0 Å². The number of benzene rings is 1. The Balaban J connectivity index is 2.12. The maximum atomic E-state index is 12.3. The van der Waals surface area contributed by atoms with Crippen molar-refractivity contribution in [3.8, 4) is 0 Å². The number of amides is 2. The van der Waals surface area contributed by atoms with E-state index in [0.717, 1.165) is 0 Å². The van der Waals surface area contributed by atoms with Crippen molar-refractivity contribution in [2.45, 2.75) is 6.54 Å². The number of nitrogens with one attached hydrogen (secondary N) is 2. The zero-order chi connectivity index (χ0) is 16.7. The molecule has 2 aromatic rings. The van der Waals surface area contributed by atoms with E-state index in [9.17, 15) is 14.4 Å². The third-order valence-corrected chi connectivity index (χ3v) is 3.08. The summed E-state index contributed by atoms with van der Waals surface area (Å²) in [5.41, 5.74) is 5.42. The highest BCUT2D eigenvalue weighted by molar-refractivity contribution is 6.04. The van der Waals surface area contributed by atoms with E-state index in [2.05, 4.69) is 10.6 Å². The molecule has 7 heteroatoms. The molecule has 23 heavy (non-hydrogen) atoms. The summed E-state index contributed by atoms with van der Waals surface area (Å²) < 4.78 is 1.23. The first-order valence-electron chi connectivity index (χ1n) is 7.14. The Morgan fingerprint density at radius 2 is 1.83 bits per heavy atom. The van der Waals surface area contributed by atoms with Crippen molar-refractivity contribution < 1.29 is 9.59 Å². The number of aromatic nitrogens is 1. The number of rotatable bonds is 6. The molecular weight excluding hydrogens is 296 g/mol. The van der Waals surface area contributed by atoms with E-state index in [1.165, 1.54) is 16.8 Å². The SMILES string of the molecule is NCCNC(=O)Cn1cccc(NC(=O)c2ccccc2)c1=O. The average molecular weight is 314 g/mol. The van der Waals surface area contributed by atoms with E-state index >= 15 is 0 Å². The maximum Gasteiger partial charge on any atom is 0.274 e. The third-order valence-electron chi connectivity index (χ3n) is 3.08. The van der Waals surface area contributed by atoms with Crippen LogP contribution in [-0.2, 0) is 11.3 Å². The molecule has 0 unspecified atom stereocenters. The predicted octanol–water partition coefficient (Wildman–Crippen LogP) is 0.175. The van der Waals surface area contributed by atoms with E-state index in [-0.39, 0.29) is 24.0 Å². The van der Waals surface area contributed by atoms with Gasteiger partial charge < -0.3 is 20.9 Å². The topological polar surface area (TPSA) is 106 Å². The van der Waals surface area contributed by atoms with Crippen LogP contribution in [0.3, 0.4) is 0 Å². The number of hydrogen-bond acceptors (Lipinski definition) is 4. The lowest BCUT2D eigenvalue weighted by molar-refractivity contribution is -0.121. The molecule has 0 fully saturated rings. The van der Waals surface area contributed by atoms with Crippen LogP contribution in [0.5, 0.6) is 0 Å². The minimum absolute atomic E-state index is 0.118. The molecule has 7 nitrogen and oxygen atoms in total. The van der Waals surface area contributed by atoms with Gasteiger partial charge in [-0.15, -0.1) is 0 Å². The molecule has 120 valence electrons.